The van der Waals surface area contributed by atoms with Crippen LogP contribution in [0.3, 0.4) is 0 Å². The third-order valence-electron chi connectivity index (χ3n) is 2.84. The van der Waals surface area contributed by atoms with Gasteiger partial charge in [0.1, 0.15) is 17.1 Å². The smallest absolute Gasteiger partial charge is 0.433 e. The maximum atomic E-state index is 12.5. The maximum Gasteiger partial charge on any atom is 0.433 e. The molecular weight excluding hydrogens is 249 g/mol. The molecule has 0 unspecified atom stereocenters. The molecule has 7 heteroatoms. The Morgan fingerprint density at radius 3 is 2.50 bits per heavy atom. The molecule has 1 aliphatic carbocycles. The first-order valence-corrected chi connectivity index (χ1v) is 5.31. The first-order chi connectivity index (χ1) is 8.21. The normalized spacial score (nSPS) is 17.3. The van der Waals surface area contributed by atoms with E-state index in [4.69, 9.17) is 5.11 Å². The highest BCUT2D eigenvalue weighted by atomic mass is 19.4. The van der Waals surface area contributed by atoms with Crippen molar-refractivity contribution in [1.82, 2.24) is 4.98 Å². The number of alkyl halides is 3. The Bertz CT molecular complexity index is 496. The largest absolute Gasteiger partial charge is 0.478 e. The van der Waals surface area contributed by atoms with Crippen molar-refractivity contribution in [3.05, 3.63) is 23.4 Å². The lowest BCUT2D eigenvalue weighted by Crippen LogP contribution is -2.21. The number of nitrogens with one attached hydrogen (secondary N) is 1. The third-order valence-corrected chi connectivity index (χ3v) is 2.84. The van der Waals surface area contributed by atoms with Crippen molar-refractivity contribution in [2.45, 2.75) is 31.5 Å². The summed E-state index contributed by atoms with van der Waals surface area (Å²) in [6.45, 7) is 1.81. The van der Waals surface area contributed by atoms with Crippen LogP contribution in [0, 0.1) is 0 Å². The highest BCUT2D eigenvalue weighted by Gasteiger charge is 2.39. The van der Waals surface area contributed by atoms with Crippen molar-refractivity contribution in [2.24, 2.45) is 0 Å². The van der Waals surface area contributed by atoms with Gasteiger partial charge in [0, 0.05) is 5.54 Å². The Morgan fingerprint density at radius 1 is 1.44 bits per heavy atom. The summed E-state index contributed by atoms with van der Waals surface area (Å²) in [6.07, 6.45) is -3.02. The standard InChI is InChI=1S/C11H11F3N2O2/c1-10(4-5-10)16-8-6(9(17)18)2-3-7(15-8)11(12,13)14/h2-3H,4-5H2,1H3,(H,15,16)(H,17,18). The monoisotopic (exact) mass is 260 g/mol. The zero-order valence-corrected chi connectivity index (χ0v) is 9.51. The summed E-state index contributed by atoms with van der Waals surface area (Å²) in [5.74, 6) is -1.53. The van der Waals surface area contributed by atoms with Gasteiger partial charge in [0.15, 0.2) is 0 Å². The fraction of sp³-hybridized carbons (Fsp3) is 0.455. The van der Waals surface area contributed by atoms with Crippen LogP contribution in [0.2, 0.25) is 0 Å². The Kier molecular flexibility index (Phi) is 2.71. The predicted octanol–water partition coefficient (Wildman–Crippen LogP) is 2.76. The molecule has 1 fully saturated rings. The molecule has 1 aromatic rings. The number of rotatable bonds is 3. The van der Waals surface area contributed by atoms with Gasteiger partial charge in [0.2, 0.25) is 0 Å². The Hall–Kier alpha value is -1.79. The number of pyridine rings is 1. The van der Waals surface area contributed by atoms with Gasteiger partial charge in [-0.05, 0) is 31.9 Å². The topological polar surface area (TPSA) is 62.2 Å². The third kappa shape index (κ3) is 2.55. The minimum atomic E-state index is -4.59. The fourth-order valence-electron chi connectivity index (χ4n) is 1.48. The predicted molar refractivity (Wildman–Crippen MR) is 57.5 cm³/mol. The number of aromatic carboxylic acids is 1. The molecule has 4 nitrogen and oxygen atoms in total. The van der Waals surface area contributed by atoms with E-state index in [2.05, 4.69) is 10.3 Å². The lowest BCUT2D eigenvalue weighted by atomic mass is 10.2. The van der Waals surface area contributed by atoms with E-state index >= 15 is 0 Å². The summed E-state index contributed by atoms with van der Waals surface area (Å²) in [5, 5.41) is 11.7. The van der Waals surface area contributed by atoms with E-state index in [0.717, 1.165) is 18.9 Å². The molecule has 0 atom stereocenters. The van der Waals surface area contributed by atoms with Crippen LogP contribution in [0.5, 0.6) is 0 Å². The van der Waals surface area contributed by atoms with E-state index in [9.17, 15) is 18.0 Å². The van der Waals surface area contributed by atoms with E-state index in [1.165, 1.54) is 0 Å². The second-order valence-electron chi connectivity index (χ2n) is 4.58. The molecule has 1 aliphatic rings. The Morgan fingerprint density at radius 2 is 2.06 bits per heavy atom. The summed E-state index contributed by atoms with van der Waals surface area (Å²) in [7, 11) is 0. The number of anilines is 1. The molecule has 2 rings (SSSR count). The van der Waals surface area contributed by atoms with E-state index in [1.807, 2.05) is 0 Å². The summed E-state index contributed by atoms with van der Waals surface area (Å²) in [6, 6.07) is 1.59. The lowest BCUT2D eigenvalue weighted by molar-refractivity contribution is -0.141. The van der Waals surface area contributed by atoms with Crippen LogP contribution in [0.1, 0.15) is 35.8 Å². The van der Waals surface area contributed by atoms with Crippen LogP contribution in [0.4, 0.5) is 19.0 Å². The zero-order chi connectivity index (χ0) is 13.6. The summed E-state index contributed by atoms with van der Waals surface area (Å²) in [4.78, 5) is 14.3. The first-order valence-electron chi connectivity index (χ1n) is 5.31. The van der Waals surface area contributed by atoms with Crippen LogP contribution < -0.4 is 5.32 Å². The van der Waals surface area contributed by atoms with Crippen LogP contribution >= 0.6 is 0 Å². The number of carbonyl (C=O) groups is 1. The number of carboxylic acids is 1. The Labute approximate surface area is 101 Å². The molecular formula is C11H11F3N2O2. The maximum absolute atomic E-state index is 12.5. The molecule has 1 heterocycles. The van der Waals surface area contributed by atoms with Crippen molar-refractivity contribution in [3.8, 4) is 0 Å². The molecule has 1 saturated carbocycles. The van der Waals surface area contributed by atoms with Gasteiger partial charge >= 0.3 is 12.1 Å². The second-order valence-corrected chi connectivity index (χ2v) is 4.58. The molecule has 0 radical (unpaired) electrons. The molecule has 0 amide bonds. The first kappa shape index (κ1) is 12.7. The van der Waals surface area contributed by atoms with E-state index in [-0.39, 0.29) is 16.9 Å². The quantitative estimate of drug-likeness (QED) is 0.877. The SMILES string of the molecule is CC1(Nc2nc(C(F)(F)F)ccc2C(=O)O)CC1. The van der Waals surface area contributed by atoms with Gasteiger partial charge in [-0.1, -0.05) is 0 Å². The number of carboxylic acid groups (broad SMARTS) is 1. The number of halogens is 3. The fourth-order valence-corrected chi connectivity index (χ4v) is 1.48. The van der Waals surface area contributed by atoms with Crippen molar-refractivity contribution < 1.29 is 23.1 Å². The lowest BCUT2D eigenvalue weighted by Gasteiger charge is -2.16. The van der Waals surface area contributed by atoms with Crippen LogP contribution in [0.25, 0.3) is 0 Å². The molecule has 0 saturated heterocycles. The summed E-state index contributed by atoms with van der Waals surface area (Å²) in [5.41, 5.74) is -1.70. The van der Waals surface area contributed by atoms with Gasteiger partial charge in [-0.3, -0.25) is 0 Å². The van der Waals surface area contributed by atoms with Gasteiger partial charge in [-0.15, -0.1) is 0 Å². The van der Waals surface area contributed by atoms with Crippen molar-refractivity contribution >= 4 is 11.8 Å². The van der Waals surface area contributed by atoms with Gasteiger partial charge in [-0.2, -0.15) is 13.2 Å². The minimum Gasteiger partial charge on any atom is -0.478 e. The molecule has 1 aromatic heterocycles. The summed E-state index contributed by atoms with van der Waals surface area (Å²) < 4.78 is 37.5. The average molecular weight is 260 g/mol. The molecule has 18 heavy (non-hydrogen) atoms. The number of hydrogen-bond acceptors (Lipinski definition) is 3. The number of aromatic nitrogens is 1. The van der Waals surface area contributed by atoms with Gasteiger partial charge in [0.25, 0.3) is 0 Å². The van der Waals surface area contributed by atoms with Gasteiger partial charge in [-0.25, -0.2) is 9.78 Å². The van der Waals surface area contributed by atoms with Crippen LogP contribution in [0.15, 0.2) is 12.1 Å². The molecule has 0 aliphatic heterocycles. The summed E-state index contributed by atoms with van der Waals surface area (Å²) >= 11 is 0. The van der Waals surface area contributed by atoms with E-state index in [0.29, 0.717) is 6.07 Å². The minimum absolute atomic E-state index is 0.225. The molecule has 2 N–H and O–H groups in total. The zero-order valence-electron chi connectivity index (χ0n) is 9.51. The number of nitrogens with zero attached hydrogens (tertiary/aromatic N) is 1. The van der Waals surface area contributed by atoms with Crippen molar-refractivity contribution in [1.29, 1.82) is 0 Å². The second kappa shape index (κ2) is 3.86. The molecule has 98 valence electrons. The van der Waals surface area contributed by atoms with E-state index in [1.54, 1.807) is 6.92 Å². The Balaban J connectivity index is 2.41. The van der Waals surface area contributed by atoms with Crippen LogP contribution in [-0.2, 0) is 6.18 Å². The van der Waals surface area contributed by atoms with E-state index < -0.39 is 17.8 Å². The molecule has 0 aromatic carbocycles. The van der Waals surface area contributed by atoms with Crippen LogP contribution in [-0.4, -0.2) is 21.6 Å². The van der Waals surface area contributed by atoms with Crippen molar-refractivity contribution in [2.75, 3.05) is 5.32 Å². The highest BCUT2D eigenvalue weighted by molar-refractivity contribution is 5.93. The molecule has 0 spiro atoms. The highest BCUT2D eigenvalue weighted by Crippen LogP contribution is 2.39. The van der Waals surface area contributed by atoms with Gasteiger partial charge in [0.05, 0.1) is 0 Å². The number of hydrogen-bond donors (Lipinski definition) is 2. The average Bonchev–Trinajstić information content (AvgIpc) is 2.94. The van der Waals surface area contributed by atoms with Crippen molar-refractivity contribution in [3.63, 3.8) is 0 Å². The molecule has 0 bridgehead atoms. The van der Waals surface area contributed by atoms with Gasteiger partial charge < -0.3 is 10.4 Å².